The molecule has 0 saturated carbocycles. The third-order valence-electron chi connectivity index (χ3n) is 6.88. The summed E-state index contributed by atoms with van der Waals surface area (Å²) in [5, 5.41) is 13.6. The van der Waals surface area contributed by atoms with E-state index in [1.165, 1.54) is 6.42 Å². The minimum Gasteiger partial charge on any atom is -0.497 e. The Kier molecular flexibility index (Phi) is 6.02. The summed E-state index contributed by atoms with van der Waals surface area (Å²) in [5.41, 5.74) is 2.21. The first-order valence-electron chi connectivity index (χ1n) is 12.3. The van der Waals surface area contributed by atoms with E-state index in [4.69, 9.17) is 14.2 Å². The summed E-state index contributed by atoms with van der Waals surface area (Å²) < 4.78 is 18.5. The number of hydrogen-bond donors (Lipinski definition) is 1. The standard InChI is InChI=1S/C26H28N6O4/c1-34-19-7-5-17(6-8-19)16-32-25(28-29-30-32)24(31-9-3-2-4-10-31)20-13-18-14-22-23(36-12-11-35-22)15-21(18)27-26(20)33/h5-8,13-15,24H,2-4,9-12,16H2,1H3,(H,27,33)/t24-/m0/s1. The van der Waals surface area contributed by atoms with E-state index in [2.05, 4.69) is 25.4 Å². The SMILES string of the molecule is COc1ccc(Cn2nnnc2[C@H](c2cc3cc4c(cc3[nH]c2=O)OCCO4)N2CCCCC2)cc1. The Hall–Kier alpha value is -3.92. The number of hydrogen-bond acceptors (Lipinski definition) is 8. The number of tetrazole rings is 1. The van der Waals surface area contributed by atoms with Gasteiger partial charge in [0.05, 0.1) is 19.2 Å². The average Bonchev–Trinajstić information content (AvgIpc) is 3.36. The number of piperidine rings is 1. The molecule has 6 rings (SSSR count). The van der Waals surface area contributed by atoms with Crippen molar-refractivity contribution < 1.29 is 14.2 Å². The molecule has 10 nitrogen and oxygen atoms in total. The van der Waals surface area contributed by atoms with Crippen LogP contribution in [-0.2, 0) is 6.54 Å². The number of nitrogens with zero attached hydrogens (tertiary/aromatic N) is 5. The monoisotopic (exact) mass is 488 g/mol. The summed E-state index contributed by atoms with van der Waals surface area (Å²) in [6, 6.07) is 13.2. The van der Waals surface area contributed by atoms with Crippen molar-refractivity contribution in [1.82, 2.24) is 30.1 Å². The molecule has 0 amide bonds. The number of nitrogens with one attached hydrogen (secondary N) is 1. The first-order valence-corrected chi connectivity index (χ1v) is 12.3. The number of aromatic nitrogens is 5. The highest BCUT2D eigenvalue weighted by Gasteiger charge is 2.31. The summed E-state index contributed by atoms with van der Waals surface area (Å²) in [6.07, 6.45) is 3.32. The number of pyridine rings is 1. The molecule has 2 aromatic carbocycles. The van der Waals surface area contributed by atoms with Crippen LogP contribution < -0.4 is 19.8 Å². The highest BCUT2D eigenvalue weighted by Crippen LogP contribution is 2.35. The molecule has 1 saturated heterocycles. The summed E-state index contributed by atoms with van der Waals surface area (Å²) in [6.45, 7) is 3.23. The number of H-pyrrole nitrogens is 1. The lowest BCUT2D eigenvalue weighted by molar-refractivity contribution is 0.172. The molecule has 1 atom stereocenters. The second kappa shape index (κ2) is 9.62. The molecule has 2 aliphatic rings. The number of benzene rings is 2. The Balaban J connectivity index is 1.43. The fourth-order valence-electron chi connectivity index (χ4n) is 5.06. The summed E-state index contributed by atoms with van der Waals surface area (Å²) in [4.78, 5) is 18.9. The van der Waals surface area contributed by atoms with E-state index >= 15 is 0 Å². The molecule has 1 fully saturated rings. The molecule has 0 unspecified atom stereocenters. The zero-order chi connectivity index (χ0) is 24.5. The van der Waals surface area contributed by atoms with Gasteiger partial charge in [-0.25, -0.2) is 4.68 Å². The van der Waals surface area contributed by atoms with Crippen LogP contribution in [0.3, 0.4) is 0 Å². The van der Waals surface area contributed by atoms with E-state index in [0.717, 1.165) is 42.6 Å². The van der Waals surface area contributed by atoms with Gasteiger partial charge in [-0.2, -0.15) is 0 Å². The van der Waals surface area contributed by atoms with Crippen molar-refractivity contribution in [3.8, 4) is 17.2 Å². The van der Waals surface area contributed by atoms with Crippen LogP contribution in [0.25, 0.3) is 10.9 Å². The maximum atomic E-state index is 13.5. The quantitative estimate of drug-likeness (QED) is 0.442. The van der Waals surface area contributed by atoms with Crippen molar-refractivity contribution >= 4 is 10.9 Å². The first-order chi connectivity index (χ1) is 17.7. The van der Waals surface area contributed by atoms with Crippen molar-refractivity contribution in [3.63, 3.8) is 0 Å². The lowest BCUT2D eigenvalue weighted by Crippen LogP contribution is -2.38. The third-order valence-corrected chi connectivity index (χ3v) is 6.88. The molecule has 2 aliphatic heterocycles. The normalized spacial score (nSPS) is 16.7. The predicted molar refractivity (Wildman–Crippen MR) is 133 cm³/mol. The molecule has 4 aromatic rings. The number of aromatic amines is 1. The molecule has 36 heavy (non-hydrogen) atoms. The minimum absolute atomic E-state index is 0.159. The smallest absolute Gasteiger partial charge is 0.253 e. The zero-order valence-corrected chi connectivity index (χ0v) is 20.1. The molecule has 0 spiro atoms. The molecule has 10 heteroatoms. The van der Waals surface area contributed by atoms with Gasteiger partial charge >= 0.3 is 0 Å². The fraction of sp³-hybridized carbons (Fsp3) is 0.385. The van der Waals surface area contributed by atoms with E-state index in [1.54, 1.807) is 11.8 Å². The maximum absolute atomic E-state index is 13.5. The van der Waals surface area contributed by atoms with Gasteiger partial charge in [-0.05, 0) is 66.2 Å². The maximum Gasteiger partial charge on any atom is 0.253 e. The van der Waals surface area contributed by atoms with E-state index in [-0.39, 0.29) is 11.6 Å². The van der Waals surface area contributed by atoms with Crippen LogP contribution >= 0.6 is 0 Å². The molecule has 0 radical (unpaired) electrons. The highest BCUT2D eigenvalue weighted by atomic mass is 16.6. The number of likely N-dealkylation sites (tertiary alicyclic amines) is 1. The van der Waals surface area contributed by atoms with E-state index in [1.807, 2.05) is 42.5 Å². The molecule has 0 bridgehead atoms. The lowest BCUT2D eigenvalue weighted by atomic mass is 10.00. The molecule has 2 aromatic heterocycles. The summed E-state index contributed by atoms with van der Waals surface area (Å²) >= 11 is 0. The van der Waals surface area contributed by atoms with Crippen molar-refractivity contribution in [2.24, 2.45) is 0 Å². The summed E-state index contributed by atoms with van der Waals surface area (Å²) in [7, 11) is 1.65. The van der Waals surface area contributed by atoms with Gasteiger partial charge < -0.3 is 19.2 Å². The molecular formula is C26H28N6O4. The Bertz CT molecular complexity index is 1420. The van der Waals surface area contributed by atoms with Gasteiger partial charge in [-0.15, -0.1) is 5.10 Å². The van der Waals surface area contributed by atoms with Gasteiger partial charge in [-0.3, -0.25) is 9.69 Å². The van der Waals surface area contributed by atoms with Crippen LogP contribution in [0.5, 0.6) is 17.2 Å². The Morgan fingerprint density at radius 2 is 1.78 bits per heavy atom. The van der Waals surface area contributed by atoms with Crippen molar-refractivity contribution in [2.75, 3.05) is 33.4 Å². The van der Waals surface area contributed by atoms with Gasteiger partial charge in [0.2, 0.25) is 0 Å². The third kappa shape index (κ3) is 4.28. The van der Waals surface area contributed by atoms with Crippen LogP contribution in [0.1, 0.15) is 42.3 Å². The van der Waals surface area contributed by atoms with Crippen LogP contribution in [0.2, 0.25) is 0 Å². The van der Waals surface area contributed by atoms with Crippen LogP contribution in [0, 0.1) is 0 Å². The van der Waals surface area contributed by atoms with Crippen molar-refractivity contribution in [3.05, 3.63) is 69.8 Å². The molecular weight excluding hydrogens is 460 g/mol. The van der Waals surface area contributed by atoms with Gasteiger partial charge in [-0.1, -0.05) is 18.6 Å². The van der Waals surface area contributed by atoms with Crippen LogP contribution in [0.15, 0.2) is 47.3 Å². The lowest BCUT2D eigenvalue weighted by Gasteiger charge is -2.33. The largest absolute Gasteiger partial charge is 0.497 e. The average molecular weight is 489 g/mol. The highest BCUT2D eigenvalue weighted by molar-refractivity contribution is 5.83. The van der Waals surface area contributed by atoms with Crippen LogP contribution in [0.4, 0.5) is 0 Å². The first kappa shape index (κ1) is 22.5. The number of fused-ring (bicyclic) bond motifs is 2. The van der Waals surface area contributed by atoms with Crippen molar-refractivity contribution in [1.29, 1.82) is 0 Å². The zero-order valence-electron chi connectivity index (χ0n) is 20.1. The van der Waals surface area contributed by atoms with Crippen molar-refractivity contribution in [2.45, 2.75) is 31.8 Å². The molecule has 1 N–H and O–H groups in total. The second-order valence-corrected chi connectivity index (χ2v) is 9.18. The predicted octanol–water partition coefficient (Wildman–Crippen LogP) is 2.92. The minimum atomic E-state index is -0.375. The van der Waals surface area contributed by atoms with E-state index in [0.29, 0.717) is 48.2 Å². The molecule has 186 valence electrons. The number of rotatable bonds is 6. The molecule has 4 heterocycles. The van der Waals surface area contributed by atoms with Crippen LogP contribution in [-0.4, -0.2) is 63.5 Å². The fourth-order valence-corrected chi connectivity index (χ4v) is 5.06. The van der Waals surface area contributed by atoms with E-state index < -0.39 is 0 Å². The Morgan fingerprint density at radius 3 is 2.53 bits per heavy atom. The van der Waals surface area contributed by atoms with Gasteiger partial charge in [0.25, 0.3) is 5.56 Å². The Labute approximate surface area is 207 Å². The van der Waals surface area contributed by atoms with Gasteiger partial charge in [0.1, 0.15) is 25.0 Å². The van der Waals surface area contributed by atoms with Gasteiger partial charge in [0, 0.05) is 17.0 Å². The van der Waals surface area contributed by atoms with E-state index in [9.17, 15) is 4.79 Å². The second-order valence-electron chi connectivity index (χ2n) is 9.18. The number of methoxy groups -OCH3 is 1. The number of ether oxygens (including phenoxy) is 3. The molecule has 0 aliphatic carbocycles. The Morgan fingerprint density at radius 1 is 1.03 bits per heavy atom. The van der Waals surface area contributed by atoms with Gasteiger partial charge in [0.15, 0.2) is 17.3 Å². The topological polar surface area (TPSA) is 107 Å². The summed E-state index contributed by atoms with van der Waals surface area (Å²) in [5.74, 6) is 2.77.